The zero-order chi connectivity index (χ0) is 27.1. The number of halogens is 1. The highest BCUT2D eigenvalue weighted by Gasteiger charge is 2.31. The molecular formula is C24H26FN5O6S. The van der Waals surface area contributed by atoms with Gasteiger partial charge in [0.15, 0.2) is 5.69 Å². The number of sulfonamides is 1. The second-order valence-electron chi connectivity index (χ2n) is 9.76. The van der Waals surface area contributed by atoms with Gasteiger partial charge in [0.1, 0.15) is 16.5 Å². The van der Waals surface area contributed by atoms with E-state index in [0.717, 1.165) is 31.0 Å². The van der Waals surface area contributed by atoms with E-state index in [1.807, 2.05) is 0 Å². The summed E-state index contributed by atoms with van der Waals surface area (Å²) >= 11 is 0. The molecule has 0 aliphatic heterocycles. The number of hydrogen-bond acceptors (Lipinski definition) is 7. The molecule has 4 rings (SSSR count). The van der Waals surface area contributed by atoms with Crippen molar-refractivity contribution < 1.29 is 27.3 Å². The highest BCUT2D eigenvalue weighted by atomic mass is 32.2. The molecule has 1 saturated carbocycles. The predicted molar refractivity (Wildman–Crippen MR) is 132 cm³/mol. The molecule has 11 nitrogen and oxygen atoms in total. The van der Waals surface area contributed by atoms with Crippen molar-refractivity contribution >= 4 is 21.6 Å². The maximum absolute atomic E-state index is 14.0. The zero-order valence-corrected chi connectivity index (χ0v) is 21.4. The lowest BCUT2D eigenvalue weighted by Gasteiger charge is -2.21. The van der Waals surface area contributed by atoms with Crippen LogP contribution in [-0.2, 0) is 10.0 Å². The number of hydrogen-bond donors (Lipinski definition) is 2. The normalized spacial score (nSPS) is 13.9. The minimum absolute atomic E-state index is 0.0188. The summed E-state index contributed by atoms with van der Waals surface area (Å²) in [7, 11) is -4.29. The number of benzene rings is 2. The van der Waals surface area contributed by atoms with Crippen LogP contribution in [0.3, 0.4) is 0 Å². The molecule has 0 radical (unpaired) electrons. The predicted octanol–water partition coefficient (Wildman–Crippen LogP) is 3.99. The maximum Gasteiger partial charge on any atom is 0.272 e. The van der Waals surface area contributed by atoms with Crippen molar-refractivity contribution in [1.29, 1.82) is 0 Å². The first kappa shape index (κ1) is 26.2. The van der Waals surface area contributed by atoms with Crippen molar-refractivity contribution in [3.63, 3.8) is 0 Å². The summed E-state index contributed by atoms with van der Waals surface area (Å²) in [6.07, 6.45) is 1.70. The Morgan fingerprint density at radius 1 is 1.22 bits per heavy atom. The molecule has 196 valence electrons. The number of ether oxygens (including phenoxy) is 1. The first-order valence-corrected chi connectivity index (χ1v) is 12.9. The topological polar surface area (TPSA) is 145 Å². The molecule has 2 N–H and O–H groups in total. The second-order valence-corrected chi connectivity index (χ2v) is 11.4. The van der Waals surface area contributed by atoms with Gasteiger partial charge in [0.05, 0.1) is 10.6 Å². The van der Waals surface area contributed by atoms with Gasteiger partial charge in [-0.15, -0.1) is 0 Å². The summed E-state index contributed by atoms with van der Waals surface area (Å²) in [5.41, 5.74) is -0.837. The van der Waals surface area contributed by atoms with Gasteiger partial charge < -0.3 is 10.1 Å². The third kappa shape index (κ3) is 5.94. The number of carbonyl (C=O) groups is 1. The molecule has 1 heterocycles. The number of nitro benzene ring substituents is 1. The Morgan fingerprint density at radius 3 is 2.51 bits per heavy atom. The number of nitrogens with one attached hydrogen (secondary N) is 2. The van der Waals surface area contributed by atoms with E-state index in [2.05, 4.69) is 15.1 Å². The van der Waals surface area contributed by atoms with Crippen LogP contribution in [0.2, 0.25) is 0 Å². The van der Waals surface area contributed by atoms with E-state index in [0.29, 0.717) is 0 Å². The van der Waals surface area contributed by atoms with Gasteiger partial charge in [-0.25, -0.2) is 17.5 Å². The minimum atomic E-state index is -4.29. The Morgan fingerprint density at radius 2 is 1.92 bits per heavy atom. The van der Waals surface area contributed by atoms with Crippen LogP contribution < -0.4 is 14.8 Å². The van der Waals surface area contributed by atoms with Gasteiger partial charge in [0.25, 0.3) is 11.6 Å². The average Bonchev–Trinajstić information content (AvgIpc) is 3.54. The number of amides is 1. The van der Waals surface area contributed by atoms with Gasteiger partial charge in [0, 0.05) is 29.3 Å². The molecule has 0 spiro atoms. The van der Waals surface area contributed by atoms with E-state index in [-0.39, 0.29) is 34.6 Å². The fourth-order valence-electron chi connectivity index (χ4n) is 3.55. The van der Waals surface area contributed by atoms with Gasteiger partial charge in [-0.05, 0) is 64.8 Å². The van der Waals surface area contributed by atoms with Crippen LogP contribution in [0.1, 0.15) is 49.7 Å². The summed E-state index contributed by atoms with van der Waals surface area (Å²) in [5, 5.41) is 18.6. The van der Waals surface area contributed by atoms with Crippen molar-refractivity contribution in [3.05, 3.63) is 69.7 Å². The van der Waals surface area contributed by atoms with Crippen LogP contribution in [-0.4, -0.2) is 40.6 Å². The van der Waals surface area contributed by atoms with E-state index >= 15 is 0 Å². The molecule has 1 amide bonds. The largest absolute Gasteiger partial charge is 0.437 e. The standard InChI is InChI=1S/C24H26FN5O6S/c1-14-21(22(31)26-16-8-9-16)27-29(17-7-5-6-15(25)12-17)23(14)36-19-11-10-18(30(32)33)13-20(19)37(34,35)28-24(2,3)4/h5-7,10-13,16,28H,8-9H2,1-4H3,(H,26,31). The number of nitrogens with zero attached hydrogens (tertiary/aromatic N) is 3. The van der Waals surface area contributed by atoms with E-state index in [1.54, 1.807) is 33.8 Å². The average molecular weight is 532 g/mol. The molecule has 37 heavy (non-hydrogen) atoms. The van der Waals surface area contributed by atoms with Crippen LogP contribution >= 0.6 is 0 Å². The van der Waals surface area contributed by atoms with Crippen LogP contribution in [0.25, 0.3) is 5.69 Å². The first-order valence-electron chi connectivity index (χ1n) is 11.4. The van der Waals surface area contributed by atoms with Crippen molar-refractivity contribution in [2.75, 3.05) is 0 Å². The van der Waals surface area contributed by atoms with E-state index in [1.165, 1.54) is 22.9 Å². The van der Waals surface area contributed by atoms with Gasteiger partial charge in [0.2, 0.25) is 15.9 Å². The summed E-state index contributed by atoms with van der Waals surface area (Å²) in [4.78, 5) is 23.0. The van der Waals surface area contributed by atoms with E-state index < -0.39 is 42.8 Å². The highest BCUT2D eigenvalue weighted by molar-refractivity contribution is 7.89. The summed E-state index contributed by atoms with van der Waals surface area (Å²) < 4.78 is 50.1. The molecule has 2 aromatic carbocycles. The highest BCUT2D eigenvalue weighted by Crippen LogP contribution is 2.36. The van der Waals surface area contributed by atoms with Crippen molar-refractivity contribution in [3.8, 4) is 17.3 Å². The SMILES string of the molecule is Cc1c(C(=O)NC2CC2)nn(-c2cccc(F)c2)c1Oc1ccc([N+](=O)[O-])cc1S(=O)(=O)NC(C)(C)C. The fraction of sp³-hybridized carbons (Fsp3) is 0.333. The Balaban J connectivity index is 1.86. The quantitative estimate of drug-likeness (QED) is 0.330. The third-order valence-electron chi connectivity index (χ3n) is 5.32. The van der Waals surface area contributed by atoms with Crippen LogP contribution in [0.15, 0.2) is 47.4 Å². The lowest BCUT2D eigenvalue weighted by atomic mass is 10.1. The number of rotatable bonds is 8. The molecule has 1 aliphatic rings. The second kappa shape index (κ2) is 9.56. The number of non-ortho nitro benzene ring substituents is 1. The zero-order valence-electron chi connectivity index (χ0n) is 20.6. The fourth-order valence-corrected chi connectivity index (χ4v) is 5.11. The first-order chi connectivity index (χ1) is 17.2. The Labute approximate surface area is 212 Å². The molecule has 0 unspecified atom stereocenters. The van der Waals surface area contributed by atoms with Crippen LogP contribution in [0, 0.1) is 22.9 Å². The van der Waals surface area contributed by atoms with E-state index in [4.69, 9.17) is 4.74 Å². The molecule has 13 heteroatoms. The molecule has 1 fully saturated rings. The summed E-state index contributed by atoms with van der Waals surface area (Å²) in [6.45, 7) is 6.43. The Hall–Kier alpha value is -3.84. The van der Waals surface area contributed by atoms with Gasteiger partial charge in [-0.1, -0.05) is 6.07 Å². The number of carbonyl (C=O) groups excluding carboxylic acids is 1. The molecule has 1 aromatic heterocycles. The lowest BCUT2D eigenvalue weighted by molar-refractivity contribution is -0.385. The molecule has 3 aromatic rings. The Kier molecular flexibility index (Phi) is 6.78. The maximum atomic E-state index is 14.0. The van der Waals surface area contributed by atoms with Crippen molar-refractivity contribution in [2.45, 2.75) is 57.0 Å². The molecule has 1 aliphatic carbocycles. The number of aromatic nitrogens is 2. The van der Waals surface area contributed by atoms with E-state index in [9.17, 15) is 27.7 Å². The molecule has 0 bridgehead atoms. The monoisotopic (exact) mass is 531 g/mol. The lowest BCUT2D eigenvalue weighted by Crippen LogP contribution is -2.40. The molecular weight excluding hydrogens is 505 g/mol. The van der Waals surface area contributed by atoms with Gasteiger partial charge >= 0.3 is 0 Å². The van der Waals surface area contributed by atoms with Crippen LogP contribution in [0.5, 0.6) is 11.6 Å². The summed E-state index contributed by atoms with van der Waals surface area (Å²) in [5.74, 6) is -1.30. The third-order valence-corrected chi connectivity index (χ3v) is 7.10. The van der Waals surface area contributed by atoms with Crippen molar-refractivity contribution in [2.24, 2.45) is 0 Å². The van der Waals surface area contributed by atoms with Gasteiger partial charge in [-0.3, -0.25) is 14.9 Å². The molecule has 0 saturated heterocycles. The molecule has 0 atom stereocenters. The minimum Gasteiger partial charge on any atom is -0.437 e. The van der Waals surface area contributed by atoms with Crippen molar-refractivity contribution in [1.82, 2.24) is 19.8 Å². The Bertz CT molecular complexity index is 1490. The van der Waals surface area contributed by atoms with Crippen LogP contribution in [0.4, 0.5) is 10.1 Å². The smallest absolute Gasteiger partial charge is 0.272 e. The number of nitro groups is 1. The van der Waals surface area contributed by atoms with Gasteiger partial charge in [-0.2, -0.15) is 9.78 Å². The summed E-state index contributed by atoms with van der Waals surface area (Å²) in [6, 6.07) is 8.60.